The highest BCUT2D eigenvalue weighted by atomic mass is 32.2. The summed E-state index contributed by atoms with van der Waals surface area (Å²) in [4.78, 5) is 22.4. The number of ether oxygens (including phenoxy) is 1. The summed E-state index contributed by atoms with van der Waals surface area (Å²) in [5, 5.41) is 5.69. The fourth-order valence-electron chi connectivity index (χ4n) is 2.63. The van der Waals surface area contributed by atoms with E-state index in [1.807, 2.05) is 0 Å². The van der Waals surface area contributed by atoms with E-state index < -0.39 is 32.9 Å². The van der Waals surface area contributed by atoms with Crippen molar-refractivity contribution in [3.63, 3.8) is 0 Å². The molecule has 186 valence electrons. The number of hydroxylamine groups is 1. The number of nitrogens with zero attached hydrogens (tertiary/aromatic N) is 3. The third-order valence-corrected chi connectivity index (χ3v) is 5.88. The molecule has 0 radical (unpaired) electrons. The van der Waals surface area contributed by atoms with Crippen LogP contribution < -0.4 is 15.4 Å². The summed E-state index contributed by atoms with van der Waals surface area (Å²) < 4.78 is 80.7. The summed E-state index contributed by atoms with van der Waals surface area (Å²) in [5.74, 6) is -2.73. The standard InChI is InChI=1S/C20H17F4N5O5S/c1-29(34-19(30)20(22,23)24)35(31,32)14-5-3-4-12(8-14)27-17-10-18(26-11-25-17)28-13-6-7-16(33-2)15(21)9-13/h3-11H,1-2H3,(H2,25,26,27,28). The van der Waals surface area contributed by atoms with Gasteiger partial charge in [0.2, 0.25) is 0 Å². The molecule has 0 saturated heterocycles. The smallest absolute Gasteiger partial charge is 0.492 e. The molecule has 0 bridgehead atoms. The molecule has 10 nitrogen and oxygen atoms in total. The van der Waals surface area contributed by atoms with Crippen LogP contribution in [0.15, 0.2) is 59.8 Å². The maximum Gasteiger partial charge on any atom is 0.492 e. The van der Waals surface area contributed by atoms with E-state index in [1.165, 1.54) is 43.8 Å². The molecule has 0 aliphatic heterocycles. The van der Waals surface area contributed by atoms with Crippen LogP contribution in [0.4, 0.5) is 40.6 Å². The SMILES string of the molecule is COc1ccc(Nc2cc(Nc3cccc(S(=O)(=O)N(C)OC(=O)C(F)(F)F)c3)ncn2)cc1F. The molecule has 1 heterocycles. The van der Waals surface area contributed by atoms with E-state index in [2.05, 4.69) is 25.4 Å². The van der Waals surface area contributed by atoms with Crippen molar-refractivity contribution in [1.82, 2.24) is 14.4 Å². The van der Waals surface area contributed by atoms with Gasteiger partial charge in [-0.3, -0.25) is 0 Å². The van der Waals surface area contributed by atoms with Gasteiger partial charge in [-0.2, -0.15) is 13.2 Å². The minimum atomic E-state index is -5.37. The number of hydrogen-bond acceptors (Lipinski definition) is 9. The number of rotatable bonds is 8. The normalized spacial score (nSPS) is 11.7. The number of sulfonamides is 1. The van der Waals surface area contributed by atoms with Crippen molar-refractivity contribution >= 4 is 39.0 Å². The number of methoxy groups -OCH3 is 1. The predicted molar refractivity (Wildman–Crippen MR) is 115 cm³/mol. The largest absolute Gasteiger partial charge is 0.494 e. The van der Waals surface area contributed by atoms with E-state index in [1.54, 1.807) is 6.07 Å². The second-order valence-electron chi connectivity index (χ2n) is 6.71. The van der Waals surface area contributed by atoms with E-state index in [-0.39, 0.29) is 27.5 Å². The Morgan fingerprint density at radius 3 is 2.20 bits per heavy atom. The lowest BCUT2D eigenvalue weighted by atomic mass is 10.3. The van der Waals surface area contributed by atoms with Gasteiger partial charge in [-0.25, -0.2) is 27.6 Å². The molecule has 0 unspecified atom stereocenters. The average molecular weight is 515 g/mol. The van der Waals surface area contributed by atoms with E-state index in [9.17, 15) is 30.8 Å². The molecule has 0 aliphatic rings. The first kappa shape index (κ1) is 25.6. The van der Waals surface area contributed by atoms with Crippen molar-refractivity contribution in [2.45, 2.75) is 11.1 Å². The molecule has 35 heavy (non-hydrogen) atoms. The first-order chi connectivity index (χ1) is 16.4. The van der Waals surface area contributed by atoms with Gasteiger partial charge in [0, 0.05) is 30.6 Å². The predicted octanol–water partition coefficient (Wildman–Crippen LogP) is 3.75. The van der Waals surface area contributed by atoms with Gasteiger partial charge in [0.25, 0.3) is 10.0 Å². The van der Waals surface area contributed by atoms with Crippen molar-refractivity contribution in [1.29, 1.82) is 0 Å². The molecule has 0 atom stereocenters. The van der Waals surface area contributed by atoms with Crippen LogP contribution in [0.2, 0.25) is 0 Å². The molecule has 0 saturated carbocycles. The molecule has 0 amide bonds. The van der Waals surface area contributed by atoms with E-state index >= 15 is 0 Å². The Balaban J connectivity index is 1.76. The summed E-state index contributed by atoms with van der Waals surface area (Å²) in [6.45, 7) is 0. The Kier molecular flexibility index (Phi) is 7.40. The zero-order valence-corrected chi connectivity index (χ0v) is 18.8. The summed E-state index contributed by atoms with van der Waals surface area (Å²) in [5.41, 5.74) is 0.569. The number of nitrogens with one attached hydrogen (secondary N) is 2. The number of carbonyl (C=O) groups excluding carboxylic acids is 1. The van der Waals surface area contributed by atoms with Crippen molar-refractivity contribution in [2.75, 3.05) is 24.8 Å². The molecule has 0 spiro atoms. The molecular weight excluding hydrogens is 498 g/mol. The van der Waals surface area contributed by atoms with Gasteiger partial charge in [-0.15, -0.1) is 0 Å². The third-order valence-electron chi connectivity index (χ3n) is 4.28. The number of aromatic nitrogens is 2. The second kappa shape index (κ2) is 10.1. The number of benzene rings is 2. The zero-order valence-electron chi connectivity index (χ0n) is 18.0. The van der Waals surface area contributed by atoms with Crippen LogP contribution in [0, 0.1) is 5.82 Å². The fourth-order valence-corrected chi connectivity index (χ4v) is 3.62. The van der Waals surface area contributed by atoms with Crippen LogP contribution in [0.5, 0.6) is 5.75 Å². The van der Waals surface area contributed by atoms with E-state index in [4.69, 9.17) is 4.74 Å². The number of alkyl halides is 3. The molecule has 3 aromatic rings. The summed E-state index contributed by atoms with van der Waals surface area (Å²) in [6.07, 6.45) is -4.18. The van der Waals surface area contributed by atoms with Crippen LogP contribution >= 0.6 is 0 Å². The molecule has 0 fully saturated rings. The Morgan fingerprint density at radius 2 is 1.63 bits per heavy atom. The molecule has 3 rings (SSSR count). The lowest BCUT2D eigenvalue weighted by Gasteiger charge is -2.17. The van der Waals surface area contributed by atoms with Gasteiger partial charge in [-0.1, -0.05) is 6.07 Å². The minimum absolute atomic E-state index is 0.0641. The van der Waals surface area contributed by atoms with Crippen LogP contribution in [-0.4, -0.2) is 49.2 Å². The molecule has 2 aromatic carbocycles. The Labute approximate surface area is 196 Å². The van der Waals surface area contributed by atoms with E-state index in [0.717, 1.165) is 12.1 Å². The Bertz CT molecular complexity index is 1340. The highest BCUT2D eigenvalue weighted by Crippen LogP contribution is 2.26. The van der Waals surface area contributed by atoms with Crippen molar-refractivity contribution in [3.05, 3.63) is 60.7 Å². The first-order valence-corrected chi connectivity index (χ1v) is 10.9. The van der Waals surface area contributed by atoms with Crippen LogP contribution in [-0.2, 0) is 19.7 Å². The van der Waals surface area contributed by atoms with E-state index in [0.29, 0.717) is 12.7 Å². The van der Waals surface area contributed by atoms with Crippen LogP contribution in [0.3, 0.4) is 0 Å². The number of hydrogen-bond donors (Lipinski definition) is 2. The zero-order chi connectivity index (χ0) is 25.8. The lowest BCUT2D eigenvalue weighted by Crippen LogP contribution is -2.36. The summed E-state index contributed by atoms with van der Waals surface area (Å²) in [7, 11) is -2.62. The maximum absolute atomic E-state index is 13.9. The quantitative estimate of drug-likeness (QED) is 0.341. The minimum Gasteiger partial charge on any atom is -0.494 e. The van der Waals surface area contributed by atoms with Crippen molar-refractivity contribution in [3.8, 4) is 5.75 Å². The summed E-state index contributed by atoms with van der Waals surface area (Å²) >= 11 is 0. The Hall–Kier alpha value is -3.98. The van der Waals surface area contributed by atoms with Gasteiger partial charge in [-0.05, 0) is 34.8 Å². The number of anilines is 4. The first-order valence-electron chi connectivity index (χ1n) is 9.48. The lowest BCUT2D eigenvalue weighted by molar-refractivity contribution is -0.219. The maximum atomic E-state index is 13.9. The van der Waals surface area contributed by atoms with Crippen LogP contribution in [0.1, 0.15) is 0 Å². The number of halogens is 4. The van der Waals surface area contributed by atoms with Gasteiger partial charge < -0.3 is 20.2 Å². The van der Waals surface area contributed by atoms with Crippen molar-refractivity contribution < 1.29 is 40.3 Å². The van der Waals surface area contributed by atoms with Crippen molar-refractivity contribution in [2.24, 2.45) is 0 Å². The number of carbonyl (C=O) groups is 1. The highest BCUT2D eigenvalue weighted by molar-refractivity contribution is 7.89. The van der Waals surface area contributed by atoms with Gasteiger partial charge in [0.1, 0.15) is 18.0 Å². The third kappa shape index (κ3) is 6.33. The van der Waals surface area contributed by atoms with Gasteiger partial charge in [0.15, 0.2) is 11.6 Å². The second-order valence-corrected chi connectivity index (χ2v) is 8.64. The van der Waals surface area contributed by atoms with Gasteiger partial charge >= 0.3 is 12.1 Å². The van der Waals surface area contributed by atoms with Crippen LogP contribution in [0.25, 0.3) is 0 Å². The highest BCUT2D eigenvalue weighted by Gasteiger charge is 2.43. The molecule has 0 aliphatic carbocycles. The molecule has 2 N–H and O–H groups in total. The molecular formula is C20H17F4N5O5S. The molecule has 15 heteroatoms. The summed E-state index contributed by atoms with van der Waals surface area (Å²) in [6, 6.07) is 10.6. The average Bonchev–Trinajstić information content (AvgIpc) is 2.79. The topological polar surface area (TPSA) is 123 Å². The Morgan fingerprint density at radius 1 is 1.00 bits per heavy atom. The fraction of sp³-hybridized carbons (Fsp3) is 0.150. The molecule has 1 aromatic heterocycles. The monoisotopic (exact) mass is 515 g/mol. The van der Waals surface area contributed by atoms with Gasteiger partial charge in [0.05, 0.1) is 12.0 Å².